The highest BCUT2D eigenvalue weighted by atomic mass is 16.5. The van der Waals surface area contributed by atoms with E-state index in [1.165, 1.54) is 14.2 Å². The van der Waals surface area contributed by atoms with Gasteiger partial charge in [-0.05, 0) is 42.7 Å². The van der Waals surface area contributed by atoms with Gasteiger partial charge in [-0.25, -0.2) is 0 Å². The lowest BCUT2D eigenvalue weighted by molar-refractivity contribution is 0.0947. The molecule has 2 rings (SSSR count). The van der Waals surface area contributed by atoms with E-state index in [-0.39, 0.29) is 11.7 Å². The van der Waals surface area contributed by atoms with E-state index in [0.717, 1.165) is 18.4 Å². The number of aromatic hydroxyl groups is 1. The highest BCUT2D eigenvalue weighted by Gasteiger charge is 2.17. The predicted octanol–water partition coefficient (Wildman–Crippen LogP) is 2.77. The van der Waals surface area contributed by atoms with Gasteiger partial charge >= 0.3 is 0 Å². The lowest BCUT2D eigenvalue weighted by Gasteiger charge is -2.13. The van der Waals surface area contributed by atoms with Crippen LogP contribution in [0.4, 0.5) is 0 Å². The van der Waals surface area contributed by atoms with Crippen molar-refractivity contribution < 1.29 is 19.4 Å². The SMILES string of the molecule is COc1cccc(OC)c1C(=O)NCCCc1ccc(O)cc1. The predicted molar refractivity (Wildman–Crippen MR) is 88.3 cm³/mol. The van der Waals surface area contributed by atoms with Crippen molar-refractivity contribution in [1.82, 2.24) is 5.32 Å². The first-order valence-electron chi connectivity index (χ1n) is 7.42. The summed E-state index contributed by atoms with van der Waals surface area (Å²) in [4.78, 5) is 12.4. The summed E-state index contributed by atoms with van der Waals surface area (Å²) >= 11 is 0. The molecule has 122 valence electrons. The number of ether oxygens (including phenoxy) is 2. The number of nitrogens with one attached hydrogen (secondary N) is 1. The molecule has 0 saturated heterocycles. The molecule has 0 heterocycles. The summed E-state index contributed by atoms with van der Waals surface area (Å²) in [6.07, 6.45) is 1.62. The Morgan fingerprint density at radius 2 is 1.65 bits per heavy atom. The minimum Gasteiger partial charge on any atom is -0.508 e. The monoisotopic (exact) mass is 315 g/mol. The fraction of sp³-hybridized carbons (Fsp3) is 0.278. The molecule has 0 saturated carbocycles. The summed E-state index contributed by atoms with van der Waals surface area (Å²) in [5.74, 6) is 1.01. The number of amides is 1. The van der Waals surface area contributed by atoms with Crippen LogP contribution in [-0.4, -0.2) is 31.8 Å². The van der Waals surface area contributed by atoms with Crippen LogP contribution < -0.4 is 14.8 Å². The number of carbonyl (C=O) groups excluding carboxylic acids is 1. The third-order valence-corrected chi connectivity index (χ3v) is 3.52. The summed E-state index contributed by atoms with van der Waals surface area (Å²) in [6.45, 7) is 0.543. The first-order valence-corrected chi connectivity index (χ1v) is 7.42. The zero-order valence-corrected chi connectivity index (χ0v) is 13.3. The molecule has 0 aliphatic heterocycles. The van der Waals surface area contributed by atoms with E-state index in [9.17, 15) is 9.90 Å². The zero-order valence-electron chi connectivity index (χ0n) is 13.3. The Kier molecular flexibility index (Phi) is 5.86. The van der Waals surface area contributed by atoms with Crippen LogP contribution in [0.25, 0.3) is 0 Å². The van der Waals surface area contributed by atoms with Gasteiger partial charge in [0.15, 0.2) is 0 Å². The van der Waals surface area contributed by atoms with Crippen LogP contribution >= 0.6 is 0 Å². The van der Waals surface area contributed by atoms with Crippen molar-refractivity contribution in [1.29, 1.82) is 0 Å². The Bertz CT molecular complexity index is 630. The molecule has 2 aromatic carbocycles. The average Bonchev–Trinajstić information content (AvgIpc) is 2.59. The van der Waals surface area contributed by atoms with E-state index in [2.05, 4.69) is 5.32 Å². The molecule has 0 spiro atoms. The number of methoxy groups -OCH3 is 2. The minimum atomic E-state index is -0.218. The first-order chi connectivity index (χ1) is 11.2. The van der Waals surface area contributed by atoms with Gasteiger partial charge in [0.25, 0.3) is 5.91 Å². The van der Waals surface area contributed by atoms with Crippen molar-refractivity contribution in [3.05, 3.63) is 53.6 Å². The van der Waals surface area contributed by atoms with Gasteiger partial charge in [-0.2, -0.15) is 0 Å². The molecule has 0 aromatic heterocycles. The average molecular weight is 315 g/mol. The molecular formula is C18H21NO4. The number of aryl methyl sites for hydroxylation is 1. The Morgan fingerprint density at radius 3 is 2.22 bits per heavy atom. The second kappa shape index (κ2) is 8.08. The summed E-state index contributed by atoms with van der Waals surface area (Å²) in [5.41, 5.74) is 1.52. The van der Waals surface area contributed by atoms with Gasteiger partial charge in [0, 0.05) is 6.54 Å². The van der Waals surface area contributed by atoms with Crippen molar-refractivity contribution in [3.8, 4) is 17.2 Å². The standard InChI is InChI=1S/C18H21NO4/c1-22-15-6-3-7-16(23-2)17(15)18(21)19-12-4-5-13-8-10-14(20)11-9-13/h3,6-11,20H,4-5,12H2,1-2H3,(H,19,21). The Morgan fingerprint density at radius 1 is 1.04 bits per heavy atom. The molecule has 0 atom stereocenters. The highest BCUT2D eigenvalue weighted by molar-refractivity contribution is 5.99. The molecule has 0 bridgehead atoms. The molecular weight excluding hydrogens is 294 g/mol. The van der Waals surface area contributed by atoms with Gasteiger partial charge in [-0.15, -0.1) is 0 Å². The van der Waals surface area contributed by atoms with Crippen LogP contribution in [0.5, 0.6) is 17.2 Å². The third kappa shape index (κ3) is 4.39. The van der Waals surface area contributed by atoms with Crippen LogP contribution in [0.15, 0.2) is 42.5 Å². The maximum absolute atomic E-state index is 12.4. The summed E-state index contributed by atoms with van der Waals surface area (Å²) in [7, 11) is 3.05. The van der Waals surface area contributed by atoms with Crippen molar-refractivity contribution in [3.63, 3.8) is 0 Å². The van der Waals surface area contributed by atoms with Crippen molar-refractivity contribution in [2.75, 3.05) is 20.8 Å². The lowest BCUT2D eigenvalue weighted by atomic mass is 10.1. The van der Waals surface area contributed by atoms with Crippen molar-refractivity contribution >= 4 is 5.91 Å². The molecule has 1 amide bonds. The van der Waals surface area contributed by atoms with E-state index in [1.54, 1.807) is 30.3 Å². The minimum absolute atomic E-state index is 0.218. The fourth-order valence-corrected chi connectivity index (χ4v) is 2.32. The Labute approximate surface area is 135 Å². The number of phenolic OH excluding ortho intramolecular Hbond substituents is 1. The number of rotatable bonds is 7. The van der Waals surface area contributed by atoms with E-state index >= 15 is 0 Å². The third-order valence-electron chi connectivity index (χ3n) is 3.52. The van der Waals surface area contributed by atoms with Crippen LogP contribution in [0.3, 0.4) is 0 Å². The van der Waals surface area contributed by atoms with Crippen molar-refractivity contribution in [2.45, 2.75) is 12.8 Å². The Balaban J connectivity index is 1.91. The van der Waals surface area contributed by atoms with Gasteiger partial charge < -0.3 is 19.9 Å². The second-order valence-corrected chi connectivity index (χ2v) is 5.06. The smallest absolute Gasteiger partial charge is 0.258 e. The molecule has 0 fully saturated rings. The summed E-state index contributed by atoms with van der Waals surface area (Å²) in [6, 6.07) is 12.3. The van der Waals surface area contributed by atoms with Gasteiger partial charge in [0.05, 0.1) is 14.2 Å². The van der Waals surface area contributed by atoms with Crippen molar-refractivity contribution in [2.24, 2.45) is 0 Å². The lowest BCUT2D eigenvalue weighted by Crippen LogP contribution is -2.25. The zero-order chi connectivity index (χ0) is 16.7. The molecule has 0 aliphatic rings. The largest absolute Gasteiger partial charge is 0.508 e. The highest BCUT2D eigenvalue weighted by Crippen LogP contribution is 2.27. The second-order valence-electron chi connectivity index (χ2n) is 5.06. The number of hydrogen-bond acceptors (Lipinski definition) is 4. The van der Waals surface area contributed by atoms with Crippen LogP contribution in [0.2, 0.25) is 0 Å². The quantitative estimate of drug-likeness (QED) is 0.771. The van der Waals surface area contributed by atoms with Crippen LogP contribution in [-0.2, 0) is 6.42 Å². The van der Waals surface area contributed by atoms with Gasteiger partial charge in [0.1, 0.15) is 22.8 Å². The van der Waals surface area contributed by atoms with E-state index in [1.807, 2.05) is 12.1 Å². The first kappa shape index (κ1) is 16.7. The maximum Gasteiger partial charge on any atom is 0.258 e. The molecule has 2 N–H and O–H groups in total. The molecule has 0 aliphatic carbocycles. The van der Waals surface area contributed by atoms with E-state index in [0.29, 0.717) is 23.6 Å². The maximum atomic E-state index is 12.4. The van der Waals surface area contributed by atoms with Crippen LogP contribution in [0.1, 0.15) is 22.3 Å². The van der Waals surface area contributed by atoms with Crippen LogP contribution in [0, 0.1) is 0 Å². The number of benzene rings is 2. The molecule has 5 heteroatoms. The molecule has 2 aromatic rings. The molecule has 23 heavy (non-hydrogen) atoms. The molecule has 0 radical (unpaired) electrons. The fourth-order valence-electron chi connectivity index (χ4n) is 2.32. The normalized spacial score (nSPS) is 10.2. The summed E-state index contributed by atoms with van der Waals surface area (Å²) < 4.78 is 10.5. The van der Waals surface area contributed by atoms with Gasteiger partial charge in [-0.3, -0.25) is 4.79 Å². The van der Waals surface area contributed by atoms with Gasteiger partial charge in [0.2, 0.25) is 0 Å². The number of carbonyl (C=O) groups is 1. The molecule has 0 unspecified atom stereocenters. The molecule has 5 nitrogen and oxygen atoms in total. The Hall–Kier alpha value is -2.69. The van der Waals surface area contributed by atoms with E-state index < -0.39 is 0 Å². The number of hydrogen-bond donors (Lipinski definition) is 2. The number of phenols is 1. The summed E-state index contributed by atoms with van der Waals surface area (Å²) in [5, 5.41) is 12.1. The van der Waals surface area contributed by atoms with Gasteiger partial charge in [-0.1, -0.05) is 18.2 Å². The topological polar surface area (TPSA) is 67.8 Å². The van der Waals surface area contributed by atoms with E-state index in [4.69, 9.17) is 9.47 Å².